The molecule has 0 aliphatic heterocycles. The molecule has 2 aromatic rings. The number of aromatic nitrogens is 1. The molecule has 2 nitrogen and oxygen atoms in total. The van der Waals surface area contributed by atoms with Gasteiger partial charge in [0.2, 0.25) is 5.88 Å². The molecule has 0 bridgehead atoms. The van der Waals surface area contributed by atoms with Gasteiger partial charge in [-0.1, -0.05) is 34.8 Å². The van der Waals surface area contributed by atoms with Gasteiger partial charge in [-0.25, -0.2) is 4.98 Å². The molecule has 1 aromatic carbocycles. The third-order valence-electron chi connectivity index (χ3n) is 2.20. The molecule has 0 spiro atoms. The van der Waals surface area contributed by atoms with Crippen LogP contribution >= 0.6 is 34.8 Å². The molecule has 19 heavy (non-hydrogen) atoms. The first-order chi connectivity index (χ1) is 8.95. The zero-order chi connectivity index (χ0) is 14.0. The molecule has 0 aliphatic carbocycles. The summed E-state index contributed by atoms with van der Waals surface area (Å²) in [6.07, 6.45) is 1.35. The Morgan fingerprint density at radius 1 is 0.947 bits per heavy atom. The van der Waals surface area contributed by atoms with Crippen LogP contribution in [0.15, 0.2) is 30.5 Å². The van der Waals surface area contributed by atoms with Gasteiger partial charge in [-0.05, 0) is 29.8 Å². The Bertz CT molecular complexity index is 587. The first-order valence-corrected chi connectivity index (χ1v) is 6.16. The zero-order valence-electron chi connectivity index (χ0n) is 9.21. The van der Waals surface area contributed by atoms with E-state index >= 15 is 0 Å². The third-order valence-corrected chi connectivity index (χ3v) is 2.91. The maximum Gasteiger partial charge on any atom is 0.388 e. The summed E-state index contributed by atoms with van der Waals surface area (Å²) in [4.78, 5) is 3.73. The van der Waals surface area contributed by atoms with E-state index < -0.39 is 6.61 Å². The van der Waals surface area contributed by atoms with E-state index in [0.29, 0.717) is 21.2 Å². The lowest BCUT2D eigenvalue weighted by Crippen LogP contribution is -2.04. The Balaban J connectivity index is 2.38. The smallest absolute Gasteiger partial charge is 0.388 e. The minimum Gasteiger partial charge on any atom is -0.415 e. The predicted octanol–water partition coefficient (Wildman–Crippen LogP) is 5.31. The largest absolute Gasteiger partial charge is 0.415 e. The highest BCUT2D eigenvalue weighted by Crippen LogP contribution is 2.31. The third kappa shape index (κ3) is 3.69. The molecule has 0 aliphatic rings. The molecule has 0 saturated carbocycles. The number of alkyl halides is 2. The Labute approximate surface area is 122 Å². The number of benzene rings is 1. The van der Waals surface area contributed by atoms with Gasteiger partial charge in [-0.2, -0.15) is 8.78 Å². The van der Waals surface area contributed by atoms with Gasteiger partial charge in [-0.3, -0.25) is 0 Å². The molecule has 0 N–H and O–H groups in total. The lowest BCUT2D eigenvalue weighted by Gasteiger charge is -2.08. The molecule has 2 rings (SSSR count). The number of halogens is 5. The molecule has 1 heterocycles. The van der Waals surface area contributed by atoms with Crippen LogP contribution in [0.3, 0.4) is 0 Å². The first kappa shape index (κ1) is 14.3. The lowest BCUT2D eigenvalue weighted by atomic mass is 10.1. The van der Waals surface area contributed by atoms with Crippen molar-refractivity contribution in [2.75, 3.05) is 0 Å². The summed E-state index contributed by atoms with van der Waals surface area (Å²) in [6, 6.07) is 6.35. The summed E-state index contributed by atoms with van der Waals surface area (Å²) in [5.41, 5.74) is 1.27. The Morgan fingerprint density at radius 3 is 2.11 bits per heavy atom. The van der Waals surface area contributed by atoms with Crippen molar-refractivity contribution in [3.05, 3.63) is 45.5 Å². The van der Waals surface area contributed by atoms with Crippen LogP contribution in [0.5, 0.6) is 5.88 Å². The highest BCUT2D eigenvalue weighted by Gasteiger charge is 2.11. The number of ether oxygens (including phenoxy) is 1. The van der Waals surface area contributed by atoms with E-state index in [9.17, 15) is 8.78 Å². The fraction of sp³-hybridized carbons (Fsp3) is 0.0833. The van der Waals surface area contributed by atoms with E-state index in [1.807, 2.05) is 0 Å². The fourth-order valence-electron chi connectivity index (χ4n) is 1.47. The summed E-state index contributed by atoms with van der Waals surface area (Å²) >= 11 is 17.6. The second-order valence-corrected chi connectivity index (χ2v) is 4.83. The van der Waals surface area contributed by atoms with Crippen molar-refractivity contribution >= 4 is 34.8 Å². The van der Waals surface area contributed by atoms with Crippen molar-refractivity contribution in [1.29, 1.82) is 0 Å². The number of pyridine rings is 1. The maximum absolute atomic E-state index is 12.1. The zero-order valence-corrected chi connectivity index (χ0v) is 11.5. The molecule has 0 unspecified atom stereocenters. The monoisotopic (exact) mass is 323 g/mol. The van der Waals surface area contributed by atoms with Crippen LogP contribution < -0.4 is 4.74 Å². The minimum absolute atomic E-state index is 0.0195. The summed E-state index contributed by atoms with van der Waals surface area (Å²) in [6.45, 7) is -2.98. The number of rotatable bonds is 3. The molecule has 0 saturated heterocycles. The molecular formula is C12H6Cl3F2NO. The van der Waals surface area contributed by atoms with Crippen LogP contribution in [0, 0.1) is 0 Å². The molecule has 0 atom stereocenters. The van der Waals surface area contributed by atoms with Gasteiger partial charge in [0.15, 0.2) is 0 Å². The van der Waals surface area contributed by atoms with E-state index in [1.165, 1.54) is 12.3 Å². The van der Waals surface area contributed by atoms with E-state index in [4.69, 9.17) is 34.8 Å². The van der Waals surface area contributed by atoms with E-state index in [-0.39, 0.29) is 10.9 Å². The highest BCUT2D eigenvalue weighted by atomic mass is 35.5. The SMILES string of the molecule is FC(F)Oc1ncc(-c2cc(Cl)cc(Cl)c2)cc1Cl. The highest BCUT2D eigenvalue weighted by molar-refractivity contribution is 6.35. The summed E-state index contributed by atoms with van der Waals surface area (Å²) in [7, 11) is 0. The van der Waals surface area contributed by atoms with E-state index in [1.54, 1.807) is 18.2 Å². The van der Waals surface area contributed by atoms with Gasteiger partial charge in [-0.15, -0.1) is 0 Å². The standard InChI is InChI=1S/C12H6Cl3F2NO/c13-8-1-6(2-9(14)4-8)7-3-10(15)11(18-5-7)19-12(16)17/h1-5,12H. The van der Waals surface area contributed by atoms with Gasteiger partial charge in [0.25, 0.3) is 0 Å². The topological polar surface area (TPSA) is 22.1 Å². The molecular weight excluding hydrogens is 318 g/mol. The normalized spacial score (nSPS) is 10.8. The van der Waals surface area contributed by atoms with Gasteiger partial charge in [0, 0.05) is 21.8 Å². The van der Waals surface area contributed by atoms with Crippen LogP contribution in [0.4, 0.5) is 8.78 Å². The Morgan fingerprint density at radius 2 is 1.58 bits per heavy atom. The molecule has 100 valence electrons. The Hall–Kier alpha value is -1.10. The minimum atomic E-state index is -2.98. The fourth-order valence-corrected chi connectivity index (χ4v) is 2.21. The van der Waals surface area contributed by atoms with Crippen LogP contribution in [0.2, 0.25) is 15.1 Å². The van der Waals surface area contributed by atoms with E-state index in [0.717, 1.165) is 0 Å². The average Bonchev–Trinajstić information content (AvgIpc) is 2.30. The van der Waals surface area contributed by atoms with Crippen molar-refractivity contribution in [2.45, 2.75) is 6.61 Å². The van der Waals surface area contributed by atoms with Gasteiger partial charge in [0.1, 0.15) is 5.02 Å². The molecule has 0 fully saturated rings. The van der Waals surface area contributed by atoms with Crippen LogP contribution in [-0.4, -0.2) is 11.6 Å². The van der Waals surface area contributed by atoms with Crippen molar-refractivity contribution in [3.63, 3.8) is 0 Å². The number of hydrogen-bond donors (Lipinski definition) is 0. The first-order valence-electron chi connectivity index (χ1n) is 5.02. The van der Waals surface area contributed by atoms with Crippen molar-refractivity contribution < 1.29 is 13.5 Å². The summed E-state index contributed by atoms with van der Waals surface area (Å²) in [5.74, 6) is -0.325. The second kappa shape index (κ2) is 5.90. The average molecular weight is 325 g/mol. The van der Waals surface area contributed by atoms with Crippen LogP contribution in [0.1, 0.15) is 0 Å². The van der Waals surface area contributed by atoms with Gasteiger partial charge < -0.3 is 4.74 Å². The van der Waals surface area contributed by atoms with Crippen molar-refractivity contribution in [2.24, 2.45) is 0 Å². The molecule has 1 aromatic heterocycles. The number of nitrogens with zero attached hydrogens (tertiary/aromatic N) is 1. The van der Waals surface area contributed by atoms with Crippen molar-refractivity contribution in [3.8, 4) is 17.0 Å². The van der Waals surface area contributed by atoms with Crippen LogP contribution in [0.25, 0.3) is 11.1 Å². The molecule has 7 heteroatoms. The summed E-state index contributed by atoms with van der Waals surface area (Å²) < 4.78 is 28.3. The van der Waals surface area contributed by atoms with Gasteiger partial charge >= 0.3 is 6.61 Å². The van der Waals surface area contributed by atoms with Gasteiger partial charge in [0.05, 0.1) is 0 Å². The summed E-state index contributed by atoms with van der Waals surface area (Å²) in [5, 5.41) is 0.881. The molecule has 0 radical (unpaired) electrons. The maximum atomic E-state index is 12.1. The number of hydrogen-bond acceptors (Lipinski definition) is 2. The van der Waals surface area contributed by atoms with E-state index in [2.05, 4.69) is 9.72 Å². The van der Waals surface area contributed by atoms with Crippen molar-refractivity contribution in [1.82, 2.24) is 4.98 Å². The predicted molar refractivity (Wildman–Crippen MR) is 71.3 cm³/mol. The lowest BCUT2D eigenvalue weighted by molar-refractivity contribution is -0.0527. The second-order valence-electron chi connectivity index (χ2n) is 3.55. The Kier molecular flexibility index (Phi) is 4.45. The van der Waals surface area contributed by atoms with Crippen LogP contribution in [-0.2, 0) is 0 Å². The quantitative estimate of drug-likeness (QED) is 0.763. The molecule has 0 amide bonds.